The van der Waals surface area contributed by atoms with E-state index in [0.717, 1.165) is 27.0 Å². The molecule has 0 bridgehead atoms. The molecule has 2 N–H and O–H groups in total. The minimum absolute atomic E-state index is 0.0873. The largest absolute Gasteiger partial charge is 0.453 e. The number of aryl methyl sites for hydroxylation is 1. The molecule has 1 unspecified atom stereocenters. The van der Waals surface area contributed by atoms with Gasteiger partial charge in [-0.25, -0.2) is 19.7 Å². The van der Waals surface area contributed by atoms with Crippen LogP contribution in [-0.2, 0) is 9.53 Å². The highest BCUT2D eigenvalue weighted by Crippen LogP contribution is 2.28. The van der Waals surface area contributed by atoms with Crippen molar-refractivity contribution in [1.29, 1.82) is 0 Å². The van der Waals surface area contributed by atoms with Crippen LogP contribution >= 0.6 is 11.3 Å². The number of hydrogen-bond donors (Lipinski definition) is 2. The predicted octanol–water partition coefficient (Wildman–Crippen LogP) is 4.87. The molecule has 35 heavy (non-hydrogen) atoms. The van der Waals surface area contributed by atoms with E-state index in [1.165, 1.54) is 19.1 Å². The molecule has 4 aromatic rings. The van der Waals surface area contributed by atoms with Crippen LogP contribution in [0.1, 0.15) is 24.4 Å². The molecule has 0 radical (unpaired) electrons. The number of thiazole rings is 1. The molecule has 2 aromatic carbocycles. The summed E-state index contributed by atoms with van der Waals surface area (Å²) in [6.07, 6.45) is -0.571. The quantitative estimate of drug-likeness (QED) is 0.380. The lowest BCUT2D eigenvalue weighted by atomic mass is 10.1. The molecule has 180 valence electrons. The fourth-order valence-corrected chi connectivity index (χ4v) is 4.35. The zero-order valence-electron chi connectivity index (χ0n) is 19.9. The second-order valence-electron chi connectivity index (χ2n) is 8.09. The summed E-state index contributed by atoms with van der Waals surface area (Å²) in [7, 11) is 2.78. The third-order valence-corrected chi connectivity index (χ3v) is 6.16. The van der Waals surface area contributed by atoms with Gasteiger partial charge in [0.1, 0.15) is 18.2 Å². The van der Waals surface area contributed by atoms with Gasteiger partial charge in [0.05, 0.1) is 34.6 Å². The first-order valence-electron chi connectivity index (χ1n) is 11.0. The van der Waals surface area contributed by atoms with E-state index >= 15 is 0 Å². The number of rotatable bonds is 7. The van der Waals surface area contributed by atoms with Crippen molar-refractivity contribution in [2.75, 3.05) is 31.3 Å². The first kappa shape index (κ1) is 24.1. The van der Waals surface area contributed by atoms with Gasteiger partial charge in [0, 0.05) is 24.4 Å². The molecule has 10 heteroatoms. The average Bonchev–Trinajstić information content (AvgIpc) is 3.31. The van der Waals surface area contributed by atoms with Crippen molar-refractivity contribution in [3.05, 3.63) is 65.4 Å². The Labute approximate surface area is 207 Å². The van der Waals surface area contributed by atoms with E-state index in [4.69, 9.17) is 0 Å². The lowest BCUT2D eigenvalue weighted by molar-refractivity contribution is -0.116. The molecule has 0 saturated heterocycles. The molecule has 0 aliphatic rings. The molecule has 0 spiro atoms. The maximum absolute atomic E-state index is 12.3. The molecule has 0 aliphatic heterocycles. The van der Waals surface area contributed by atoms with Crippen molar-refractivity contribution >= 4 is 45.1 Å². The van der Waals surface area contributed by atoms with Crippen LogP contribution in [0.25, 0.3) is 21.5 Å². The molecule has 2 amide bonds. The summed E-state index contributed by atoms with van der Waals surface area (Å²) in [4.78, 5) is 38.5. The number of amides is 2. The van der Waals surface area contributed by atoms with Crippen LogP contribution in [0.3, 0.4) is 0 Å². The molecule has 1 atom stereocenters. The van der Waals surface area contributed by atoms with Gasteiger partial charge >= 0.3 is 6.09 Å². The van der Waals surface area contributed by atoms with Gasteiger partial charge in [0.15, 0.2) is 0 Å². The number of ether oxygens (including phenoxy) is 1. The van der Waals surface area contributed by atoms with Crippen LogP contribution in [0, 0.1) is 6.92 Å². The van der Waals surface area contributed by atoms with Gasteiger partial charge in [-0.15, -0.1) is 11.3 Å². The van der Waals surface area contributed by atoms with Crippen LogP contribution in [0.2, 0.25) is 0 Å². The summed E-state index contributed by atoms with van der Waals surface area (Å²) in [6.45, 7) is 3.78. The topological polar surface area (TPSA) is 109 Å². The van der Waals surface area contributed by atoms with E-state index < -0.39 is 6.09 Å². The molecule has 4 rings (SSSR count). The van der Waals surface area contributed by atoms with E-state index in [9.17, 15) is 9.59 Å². The second-order valence-corrected chi connectivity index (χ2v) is 8.97. The lowest BCUT2D eigenvalue weighted by Gasteiger charge is -2.18. The van der Waals surface area contributed by atoms with Crippen molar-refractivity contribution in [1.82, 2.24) is 19.9 Å². The number of methoxy groups -OCH3 is 1. The normalized spacial score (nSPS) is 11.7. The van der Waals surface area contributed by atoms with E-state index in [0.29, 0.717) is 17.3 Å². The minimum atomic E-state index is -0.571. The molecule has 2 heterocycles. The van der Waals surface area contributed by atoms with Crippen molar-refractivity contribution in [3.8, 4) is 11.3 Å². The van der Waals surface area contributed by atoms with Gasteiger partial charge in [-0.1, -0.05) is 18.2 Å². The van der Waals surface area contributed by atoms with Crippen LogP contribution in [0.4, 0.5) is 16.3 Å². The molecule has 0 aliphatic carbocycles. The number of aromatic nitrogens is 3. The number of carbonyl (C=O) groups excluding carboxylic acids is 2. The second kappa shape index (κ2) is 10.5. The highest BCUT2D eigenvalue weighted by Gasteiger charge is 2.14. The number of hydrogen-bond acceptors (Lipinski definition) is 8. The number of likely N-dealkylation sites (N-methyl/N-ethyl adjacent to an activating group) is 1. The van der Waals surface area contributed by atoms with E-state index in [1.54, 1.807) is 17.4 Å². The highest BCUT2D eigenvalue weighted by atomic mass is 32.1. The lowest BCUT2D eigenvalue weighted by Crippen LogP contribution is -2.34. The Bertz CT molecular complexity index is 1370. The van der Waals surface area contributed by atoms with Crippen molar-refractivity contribution < 1.29 is 14.3 Å². The fourth-order valence-electron chi connectivity index (χ4n) is 3.63. The summed E-state index contributed by atoms with van der Waals surface area (Å²) in [5, 5.41) is 6.25. The summed E-state index contributed by atoms with van der Waals surface area (Å²) in [5.74, 6) is 1.06. The third kappa shape index (κ3) is 5.90. The zero-order valence-corrected chi connectivity index (χ0v) is 20.7. The Hall–Kier alpha value is -4.05. The molecule has 2 aromatic heterocycles. The van der Waals surface area contributed by atoms with Crippen LogP contribution in [0.15, 0.2) is 54.0 Å². The van der Waals surface area contributed by atoms with Crippen LogP contribution in [-0.4, -0.2) is 52.6 Å². The molecule has 0 saturated carbocycles. The van der Waals surface area contributed by atoms with Gasteiger partial charge in [-0.3, -0.25) is 4.79 Å². The summed E-state index contributed by atoms with van der Waals surface area (Å²) >= 11 is 1.60. The summed E-state index contributed by atoms with van der Waals surface area (Å²) < 4.78 is 5.73. The molecule has 0 fully saturated rings. The number of benzene rings is 2. The Morgan fingerprint density at radius 2 is 1.97 bits per heavy atom. The first-order chi connectivity index (χ1) is 16.8. The standard InChI is InChI=1S/C25H26N6O3S/c1-15(17-6-5-7-19(10-17)30-24(32)13-31(3)25(33)34-4)27-23-12-21(28-16(2)29-23)18-8-9-20-22(11-18)35-14-26-20/h5-12,14-15H,13H2,1-4H3,(H,30,32)(H,27,28,29). The summed E-state index contributed by atoms with van der Waals surface area (Å²) in [6, 6.07) is 15.5. The van der Waals surface area contributed by atoms with Crippen molar-refractivity contribution in [2.24, 2.45) is 0 Å². The zero-order chi connectivity index (χ0) is 24.9. The number of anilines is 2. The van der Waals surface area contributed by atoms with Gasteiger partial charge in [-0.2, -0.15) is 0 Å². The smallest absolute Gasteiger partial charge is 0.409 e. The maximum atomic E-state index is 12.3. The van der Waals surface area contributed by atoms with E-state index in [1.807, 2.05) is 55.8 Å². The maximum Gasteiger partial charge on any atom is 0.409 e. The third-order valence-electron chi connectivity index (χ3n) is 5.37. The Kier molecular flexibility index (Phi) is 7.21. The monoisotopic (exact) mass is 490 g/mol. The number of nitrogens with zero attached hydrogens (tertiary/aromatic N) is 4. The van der Waals surface area contributed by atoms with E-state index in [2.05, 4.69) is 36.4 Å². The highest BCUT2D eigenvalue weighted by molar-refractivity contribution is 7.16. The SMILES string of the molecule is COC(=O)N(C)CC(=O)Nc1cccc(C(C)Nc2cc(-c3ccc4ncsc4c3)nc(C)n2)c1. The van der Waals surface area contributed by atoms with Crippen molar-refractivity contribution in [2.45, 2.75) is 19.9 Å². The molecular formula is C25H26N6O3S. The minimum Gasteiger partial charge on any atom is -0.453 e. The van der Waals surface area contributed by atoms with Gasteiger partial charge in [0.25, 0.3) is 0 Å². The van der Waals surface area contributed by atoms with Crippen LogP contribution in [0.5, 0.6) is 0 Å². The number of fused-ring (bicyclic) bond motifs is 1. The number of carbonyl (C=O) groups is 2. The predicted molar refractivity (Wildman–Crippen MR) is 138 cm³/mol. The fraction of sp³-hybridized carbons (Fsp3) is 0.240. The Morgan fingerprint density at radius 1 is 1.14 bits per heavy atom. The van der Waals surface area contributed by atoms with Crippen LogP contribution < -0.4 is 10.6 Å². The average molecular weight is 491 g/mol. The first-order valence-corrected chi connectivity index (χ1v) is 11.8. The number of nitrogens with one attached hydrogen (secondary N) is 2. The summed E-state index contributed by atoms with van der Waals surface area (Å²) in [5.41, 5.74) is 6.25. The Morgan fingerprint density at radius 3 is 2.77 bits per heavy atom. The van der Waals surface area contributed by atoms with E-state index in [-0.39, 0.29) is 18.5 Å². The molecule has 9 nitrogen and oxygen atoms in total. The van der Waals surface area contributed by atoms with Gasteiger partial charge in [0.2, 0.25) is 5.91 Å². The van der Waals surface area contributed by atoms with Gasteiger partial charge < -0.3 is 20.3 Å². The molecular weight excluding hydrogens is 464 g/mol. The van der Waals surface area contributed by atoms with Gasteiger partial charge in [-0.05, 0) is 43.7 Å². The Balaban J connectivity index is 1.47. The van der Waals surface area contributed by atoms with Crippen molar-refractivity contribution in [3.63, 3.8) is 0 Å².